The number of rotatable bonds is 6. The highest BCUT2D eigenvalue weighted by Gasteiger charge is 2.21. The first-order valence-corrected chi connectivity index (χ1v) is 20.2. The summed E-state index contributed by atoms with van der Waals surface area (Å²) in [7, 11) is 0. The van der Waals surface area contributed by atoms with E-state index in [0.29, 0.717) is 0 Å². The van der Waals surface area contributed by atoms with Crippen molar-refractivity contribution in [3.05, 3.63) is 218 Å². The molecule has 276 valence electrons. The molecule has 2 aromatic heterocycles. The van der Waals surface area contributed by atoms with Crippen LogP contribution in [-0.2, 0) is 0 Å². The van der Waals surface area contributed by atoms with Gasteiger partial charge in [-0.2, -0.15) is 0 Å². The van der Waals surface area contributed by atoms with Crippen molar-refractivity contribution in [1.82, 2.24) is 4.57 Å². The Hall–Kier alpha value is -7.88. The van der Waals surface area contributed by atoms with Gasteiger partial charge in [0.1, 0.15) is 11.2 Å². The molecule has 0 atom stereocenters. The van der Waals surface area contributed by atoms with Crippen LogP contribution in [0.3, 0.4) is 0 Å². The van der Waals surface area contributed by atoms with Crippen LogP contribution in [0.15, 0.2) is 223 Å². The number of benzene rings is 10. The first kappa shape index (κ1) is 33.3. The number of aromatic nitrogens is 1. The Morgan fingerprint density at radius 3 is 1.63 bits per heavy atom. The van der Waals surface area contributed by atoms with Crippen molar-refractivity contribution in [2.45, 2.75) is 0 Å². The van der Waals surface area contributed by atoms with Crippen LogP contribution in [-0.4, -0.2) is 4.57 Å². The molecule has 0 amide bonds. The standard InChI is InChI=1S/C56H36N2O/c1-2-21-42-39(16-1)36-54(46-24-4-3-23-45(42)46)57(41-20-14-18-38(35-41)44-28-15-29-50-49-27-8-12-33-55(49)59-56(44)50)40-19-13-17-37(34-40)43-22-5-9-30-51(43)58-52-31-10-6-25-47(52)48-26-7-11-32-53(48)58/h1-36H. The van der Waals surface area contributed by atoms with Gasteiger partial charge in [0.05, 0.1) is 22.4 Å². The Labute approximate surface area is 341 Å². The van der Waals surface area contributed by atoms with Crippen molar-refractivity contribution < 1.29 is 4.42 Å². The quantitative estimate of drug-likeness (QED) is 0.158. The van der Waals surface area contributed by atoms with Crippen molar-refractivity contribution in [3.8, 4) is 27.9 Å². The van der Waals surface area contributed by atoms with Crippen LogP contribution >= 0.6 is 0 Å². The van der Waals surface area contributed by atoms with E-state index in [0.717, 1.165) is 66.9 Å². The van der Waals surface area contributed by atoms with Gasteiger partial charge in [0.25, 0.3) is 0 Å². The molecule has 12 rings (SSSR count). The molecule has 0 saturated heterocycles. The van der Waals surface area contributed by atoms with Gasteiger partial charge in [0, 0.05) is 49.4 Å². The summed E-state index contributed by atoms with van der Waals surface area (Å²) in [5, 5.41) is 9.60. The molecule has 59 heavy (non-hydrogen) atoms. The molecule has 0 aliphatic carbocycles. The SMILES string of the molecule is c1cc(-c2ccccc2-n2c3ccccc3c3ccccc32)cc(N(c2cccc(-c3cccc4c3oc3ccccc34)c2)c2cc3ccccc3c3ccccc23)c1. The molecule has 3 nitrogen and oxygen atoms in total. The Morgan fingerprint density at radius 1 is 0.356 bits per heavy atom. The minimum absolute atomic E-state index is 0.897. The summed E-state index contributed by atoms with van der Waals surface area (Å²) in [6, 6.07) is 78.8. The third kappa shape index (κ3) is 5.29. The molecule has 2 heterocycles. The van der Waals surface area contributed by atoms with Crippen LogP contribution in [0.5, 0.6) is 0 Å². The summed E-state index contributed by atoms with van der Waals surface area (Å²) >= 11 is 0. The second-order valence-electron chi connectivity index (χ2n) is 15.3. The Morgan fingerprint density at radius 2 is 0.881 bits per heavy atom. The number of furan rings is 1. The van der Waals surface area contributed by atoms with Gasteiger partial charge in [0.2, 0.25) is 0 Å². The van der Waals surface area contributed by atoms with E-state index in [4.69, 9.17) is 4.42 Å². The zero-order valence-electron chi connectivity index (χ0n) is 32.1. The third-order valence-electron chi connectivity index (χ3n) is 11.9. The normalized spacial score (nSPS) is 11.7. The number of hydrogen-bond donors (Lipinski definition) is 0. The van der Waals surface area contributed by atoms with Crippen molar-refractivity contribution in [3.63, 3.8) is 0 Å². The van der Waals surface area contributed by atoms with E-state index >= 15 is 0 Å². The first-order chi connectivity index (χ1) is 29.3. The van der Waals surface area contributed by atoms with Gasteiger partial charge in [-0.3, -0.25) is 0 Å². The van der Waals surface area contributed by atoms with Crippen LogP contribution < -0.4 is 4.90 Å². The maximum atomic E-state index is 6.56. The van der Waals surface area contributed by atoms with Gasteiger partial charge in [0.15, 0.2) is 0 Å². The molecule has 10 aromatic carbocycles. The minimum atomic E-state index is 0.897. The molecule has 0 N–H and O–H groups in total. The lowest BCUT2D eigenvalue weighted by atomic mass is 9.97. The lowest BCUT2D eigenvalue weighted by Crippen LogP contribution is -2.11. The molecule has 0 unspecified atom stereocenters. The Balaban J connectivity index is 1.09. The van der Waals surface area contributed by atoms with E-state index in [1.807, 2.05) is 6.07 Å². The monoisotopic (exact) mass is 752 g/mol. The van der Waals surface area contributed by atoms with Crippen molar-refractivity contribution in [1.29, 1.82) is 0 Å². The lowest BCUT2D eigenvalue weighted by molar-refractivity contribution is 0.670. The van der Waals surface area contributed by atoms with Crippen LogP contribution in [0.1, 0.15) is 0 Å². The zero-order chi connectivity index (χ0) is 38.9. The number of nitrogens with zero attached hydrogens (tertiary/aromatic N) is 2. The van der Waals surface area contributed by atoms with Gasteiger partial charge < -0.3 is 13.9 Å². The molecular formula is C56H36N2O. The van der Waals surface area contributed by atoms with E-state index in [-0.39, 0.29) is 0 Å². The summed E-state index contributed by atoms with van der Waals surface area (Å²) in [6.07, 6.45) is 0. The zero-order valence-corrected chi connectivity index (χ0v) is 32.1. The van der Waals surface area contributed by atoms with E-state index in [9.17, 15) is 0 Å². The molecule has 0 aliphatic heterocycles. The molecule has 0 fully saturated rings. The average Bonchev–Trinajstić information content (AvgIpc) is 3.85. The fourth-order valence-electron chi connectivity index (χ4n) is 9.34. The summed E-state index contributed by atoms with van der Waals surface area (Å²) in [5.74, 6) is 0. The average molecular weight is 753 g/mol. The van der Waals surface area contributed by atoms with E-state index in [1.165, 1.54) is 43.4 Å². The maximum Gasteiger partial charge on any atom is 0.143 e. The summed E-state index contributed by atoms with van der Waals surface area (Å²) in [6.45, 7) is 0. The second-order valence-corrected chi connectivity index (χ2v) is 15.3. The van der Waals surface area contributed by atoms with Crippen LogP contribution in [0.2, 0.25) is 0 Å². The van der Waals surface area contributed by atoms with E-state index in [2.05, 4.69) is 222 Å². The second kappa shape index (κ2) is 13.4. The predicted octanol–water partition coefficient (Wildman–Crippen LogP) is 15.8. The Bertz CT molecular complexity index is 3540. The summed E-state index contributed by atoms with van der Waals surface area (Å²) in [4.78, 5) is 2.43. The highest BCUT2D eigenvalue weighted by molar-refractivity contribution is 6.15. The number of fused-ring (bicyclic) bond motifs is 9. The molecule has 0 aliphatic rings. The Kier molecular flexibility index (Phi) is 7.54. The molecule has 3 heteroatoms. The third-order valence-corrected chi connectivity index (χ3v) is 11.9. The number of anilines is 3. The lowest BCUT2D eigenvalue weighted by Gasteiger charge is -2.28. The number of para-hydroxylation sites is 5. The fraction of sp³-hybridized carbons (Fsp3) is 0. The molecule has 0 bridgehead atoms. The highest BCUT2D eigenvalue weighted by Crippen LogP contribution is 2.45. The van der Waals surface area contributed by atoms with Crippen molar-refractivity contribution in [2.24, 2.45) is 0 Å². The van der Waals surface area contributed by atoms with Gasteiger partial charge >= 0.3 is 0 Å². The molecule has 12 aromatic rings. The van der Waals surface area contributed by atoms with Crippen molar-refractivity contribution >= 4 is 82.4 Å². The van der Waals surface area contributed by atoms with E-state index in [1.54, 1.807) is 0 Å². The van der Waals surface area contributed by atoms with Crippen LogP contribution in [0, 0.1) is 0 Å². The van der Waals surface area contributed by atoms with Gasteiger partial charge in [-0.05, 0) is 81.9 Å². The van der Waals surface area contributed by atoms with E-state index < -0.39 is 0 Å². The van der Waals surface area contributed by atoms with Crippen LogP contribution in [0.25, 0.3) is 93.2 Å². The van der Waals surface area contributed by atoms with Gasteiger partial charge in [-0.25, -0.2) is 0 Å². The molecule has 0 saturated carbocycles. The summed E-state index contributed by atoms with van der Waals surface area (Å²) in [5.41, 5.74) is 13.0. The smallest absolute Gasteiger partial charge is 0.143 e. The maximum absolute atomic E-state index is 6.56. The van der Waals surface area contributed by atoms with Crippen LogP contribution in [0.4, 0.5) is 17.1 Å². The first-order valence-electron chi connectivity index (χ1n) is 20.2. The summed E-state index contributed by atoms with van der Waals surface area (Å²) < 4.78 is 8.98. The van der Waals surface area contributed by atoms with Crippen molar-refractivity contribution in [2.75, 3.05) is 4.90 Å². The highest BCUT2D eigenvalue weighted by atomic mass is 16.3. The fourth-order valence-corrected chi connectivity index (χ4v) is 9.34. The largest absolute Gasteiger partial charge is 0.455 e. The minimum Gasteiger partial charge on any atom is -0.455 e. The van der Waals surface area contributed by atoms with Gasteiger partial charge in [-0.1, -0.05) is 164 Å². The molecule has 0 radical (unpaired) electrons. The molecule has 0 spiro atoms. The molecular weight excluding hydrogens is 717 g/mol. The number of hydrogen-bond acceptors (Lipinski definition) is 2. The predicted molar refractivity (Wildman–Crippen MR) is 249 cm³/mol. The topological polar surface area (TPSA) is 21.3 Å². The van der Waals surface area contributed by atoms with Gasteiger partial charge in [-0.15, -0.1) is 0 Å².